The first-order chi connectivity index (χ1) is 10.4. The molecule has 4 aliphatic carbocycles. The standard InChI is InChI=1S/C19H26O3/c1-18-8-7-14-12(13(18)5-6-17(18)22)4-3-11-9-15(20)16(21)10-19(11,14)2/h9,12-14,17,22H,3-8,10H2,1-2H3. The third-order valence-corrected chi connectivity index (χ3v) is 7.79. The Morgan fingerprint density at radius 2 is 1.86 bits per heavy atom. The molecule has 4 rings (SSSR count). The molecule has 0 aliphatic heterocycles. The van der Waals surface area contributed by atoms with Gasteiger partial charge in [-0.2, -0.15) is 0 Å². The number of hydrogen-bond acceptors (Lipinski definition) is 3. The molecule has 0 aromatic rings. The SMILES string of the molecule is CC12CC(=O)C(=O)C=C1CCC1C2CCC2(C)C(O)CCC12. The van der Waals surface area contributed by atoms with Crippen molar-refractivity contribution < 1.29 is 14.7 Å². The number of carbonyl (C=O) groups is 2. The number of fused-ring (bicyclic) bond motifs is 5. The topological polar surface area (TPSA) is 54.4 Å². The van der Waals surface area contributed by atoms with Crippen molar-refractivity contribution in [2.45, 2.75) is 64.9 Å². The summed E-state index contributed by atoms with van der Waals surface area (Å²) in [4.78, 5) is 23.8. The Labute approximate surface area is 132 Å². The van der Waals surface area contributed by atoms with Crippen LogP contribution in [0.25, 0.3) is 0 Å². The molecule has 0 aromatic heterocycles. The van der Waals surface area contributed by atoms with Crippen molar-refractivity contribution in [3.63, 3.8) is 0 Å². The van der Waals surface area contributed by atoms with Gasteiger partial charge in [0, 0.05) is 6.42 Å². The van der Waals surface area contributed by atoms with Crippen LogP contribution in [0.1, 0.15) is 58.8 Å². The van der Waals surface area contributed by atoms with Gasteiger partial charge in [0.25, 0.3) is 0 Å². The molecule has 0 bridgehead atoms. The summed E-state index contributed by atoms with van der Waals surface area (Å²) < 4.78 is 0. The van der Waals surface area contributed by atoms with Gasteiger partial charge in [0.15, 0.2) is 0 Å². The van der Waals surface area contributed by atoms with E-state index in [-0.39, 0.29) is 28.5 Å². The number of aliphatic hydroxyl groups is 1. The second kappa shape index (κ2) is 4.53. The maximum absolute atomic E-state index is 12.0. The van der Waals surface area contributed by atoms with Crippen LogP contribution in [0.3, 0.4) is 0 Å². The molecule has 0 amide bonds. The Balaban J connectivity index is 1.71. The van der Waals surface area contributed by atoms with Crippen LogP contribution in [-0.4, -0.2) is 22.8 Å². The van der Waals surface area contributed by atoms with Crippen LogP contribution in [0, 0.1) is 28.6 Å². The van der Waals surface area contributed by atoms with Crippen LogP contribution in [0.2, 0.25) is 0 Å². The van der Waals surface area contributed by atoms with Gasteiger partial charge in [-0.3, -0.25) is 9.59 Å². The summed E-state index contributed by atoms with van der Waals surface area (Å²) >= 11 is 0. The first-order valence-electron chi connectivity index (χ1n) is 8.82. The highest BCUT2D eigenvalue weighted by Crippen LogP contribution is 2.64. The highest BCUT2D eigenvalue weighted by atomic mass is 16.3. The van der Waals surface area contributed by atoms with Crippen LogP contribution < -0.4 is 0 Å². The minimum absolute atomic E-state index is 0.0766. The van der Waals surface area contributed by atoms with E-state index in [1.54, 1.807) is 6.08 Å². The fourth-order valence-corrected chi connectivity index (χ4v) is 6.44. The van der Waals surface area contributed by atoms with Crippen molar-refractivity contribution in [3.8, 4) is 0 Å². The van der Waals surface area contributed by atoms with Crippen LogP contribution in [0.15, 0.2) is 11.6 Å². The molecule has 0 aromatic carbocycles. The molecule has 3 heteroatoms. The van der Waals surface area contributed by atoms with Crippen molar-refractivity contribution in [3.05, 3.63) is 11.6 Å². The monoisotopic (exact) mass is 302 g/mol. The smallest absolute Gasteiger partial charge is 0.221 e. The average Bonchev–Trinajstić information content (AvgIpc) is 2.77. The molecule has 6 atom stereocenters. The van der Waals surface area contributed by atoms with E-state index in [1.165, 1.54) is 5.57 Å². The van der Waals surface area contributed by atoms with Gasteiger partial charge < -0.3 is 5.11 Å². The Hall–Kier alpha value is -0.960. The highest BCUT2D eigenvalue weighted by molar-refractivity contribution is 6.42. The van der Waals surface area contributed by atoms with Gasteiger partial charge in [-0.05, 0) is 73.2 Å². The third-order valence-electron chi connectivity index (χ3n) is 7.79. The van der Waals surface area contributed by atoms with Crippen molar-refractivity contribution in [2.24, 2.45) is 28.6 Å². The number of carbonyl (C=O) groups excluding carboxylic acids is 2. The molecule has 3 saturated carbocycles. The maximum Gasteiger partial charge on any atom is 0.221 e. The first kappa shape index (κ1) is 14.6. The fourth-order valence-electron chi connectivity index (χ4n) is 6.44. The number of allylic oxidation sites excluding steroid dienone is 1. The van der Waals surface area contributed by atoms with Crippen molar-refractivity contribution in [1.82, 2.24) is 0 Å². The first-order valence-corrected chi connectivity index (χ1v) is 8.82. The van der Waals surface area contributed by atoms with E-state index in [9.17, 15) is 14.7 Å². The molecule has 6 unspecified atom stereocenters. The molecule has 120 valence electrons. The summed E-state index contributed by atoms with van der Waals surface area (Å²) in [5.74, 6) is 1.22. The van der Waals surface area contributed by atoms with Gasteiger partial charge in [-0.1, -0.05) is 19.4 Å². The summed E-state index contributed by atoms with van der Waals surface area (Å²) in [6, 6.07) is 0. The van der Waals surface area contributed by atoms with Gasteiger partial charge in [0.05, 0.1) is 6.10 Å². The lowest BCUT2D eigenvalue weighted by atomic mass is 9.47. The predicted octanol–water partition coefficient (Wildman–Crippen LogP) is 3.06. The van der Waals surface area contributed by atoms with E-state index >= 15 is 0 Å². The zero-order valence-electron chi connectivity index (χ0n) is 13.6. The van der Waals surface area contributed by atoms with Crippen molar-refractivity contribution >= 4 is 11.6 Å². The minimum Gasteiger partial charge on any atom is -0.393 e. The molecule has 0 heterocycles. The van der Waals surface area contributed by atoms with E-state index in [4.69, 9.17) is 0 Å². The Morgan fingerprint density at radius 1 is 1.09 bits per heavy atom. The number of Topliss-reactive ketones (excluding diaryl/α,β-unsaturated/α-hetero) is 1. The lowest BCUT2D eigenvalue weighted by Crippen LogP contribution is -2.52. The molecule has 0 saturated heterocycles. The van der Waals surface area contributed by atoms with Gasteiger partial charge in [0.2, 0.25) is 11.6 Å². The summed E-state index contributed by atoms with van der Waals surface area (Å²) in [6.45, 7) is 4.49. The Morgan fingerprint density at radius 3 is 2.64 bits per heavy atom. The molecular weight excluding hydrogens is 276 g/mol. The molecular formula is C19H26O3. The molecule has 3 nitrogen and oxygen atoms in total. The summed E-state index contributed by atoms with van der Waals surface area (Å²) in [6.07, 6.45) is 8.19. The normalized spacial score (nSPS) is 51.0. The second-order valence-electron chi connectivity index (χ2n) is 8.60. The third kappa shape index (κ3) is 1.72. The molecule has 0 spiro atoms. The second-order valence-corrected chi connectivity index (χ2v) is 8.60. The van der Waals surface area contributed by atoms with Crippen LogP contribution in [0.4, 0.5) is 0 Å². The lowest BCUT2D eigenvalue weighted by molar-refractivity contribution is -0.138. The van der Waals surface area contributed by atoms with Crippen LogP contribution >= 0.6 is 0 Å². The molecule has 3 fully saturated rings. The maximum atomic E-state index is 12.0. The number of ketones is 2. The summed E-state index contributed by atoms with van der Waals surface area (Å²) in [5.41, 5.74) is 1.19. The van der Waals surface area contributed by atoms with E-state index in [2.05, 4.69) is 13.8 Å². The van der Waals surface area contributed by atoms with E-state index in [1.807, 2.05) is 0 Å². The summed E-state index contributed by atoms with van der Waals surface area (Å²) in [7, 11) is 0. The molecule has 0 radical (unpaired) electrons. The fraction of sp³-hybridized carbons (Fsp3) is 0.789. The Bertz CT molecular complexity index is 577. The zero-order chi connectivity index (χ0) is 15.7. The van der Waals surface area contributed by atoms with Gasteiger partial charge >= 0.3 is 0 Å². The average molecular weight is 302 g/mol. The van der Waals surface area contributed by atoms with Crippen molar-refractivity contribution in [1.29, 1.82) is 0 Å². The van der Waals surface area contributed by atoms with Crippen LogP contribution in [0.5, 0.6) is 0 Å². The van der Waals surface area contributed by atoms with Crippen LogP contribution in [-0.2, 0) is 9.59 Å². The largest absolute Gasteiger partial charge is 0.393 e. The van der Waals surface area contributed by atoms with E-state index in [0.717, 1.165) is 38.5 Å². The highest BCUT2D eigenvalue weighted by Gasteiger charge is 2.59. The minimum atomic E-state index is -0.289. The van der Waals surface area contributed by atoms with Gasteiger partial charge in [-0.25, -0.2) is 0 Å². The van der Waals surface area contributed by atoms with Crippen molar-refractivity contribution in [2.75, 3.05) is 0 Å². The Kier molecular flexibility index (Phi) is 3.01. The molecule has 22 heavy (non-hydrogen) atoms. The van der Waals surface area contributed by atoms with Gasteiger partial charge in [0.1, 0.15) is 0 Å². The molecule has 1 N–H and O–H groups in total. The number of hydrogen-bond donors (Lipinski definition) is 1. The summed E-state index contributed by atoms with van der Waals surface area (Å²) in [5, 5.41) is 10.4. The van der Waals surface area contributed by atoms with Gasteiger partial charge in [-0.15, -0.1) is 0 Å². The number of aliphatic hydroxyl groups excluding tert-OH is 1. The lowest BCUT2D eigenvalue weighted by Gasteiger charge is -2.57. The van der Waals surface area contributed by atoms with E-state index in [0.29, 0.717) is 24.2 Å². The molecule has 4 aliphatic rings. The number of rotatable bonds is 0. The predicted molar refractivity (Wildman–Crippen MR) is 83.1 cm³/mol. The zero-order valence-corrected chi connectivity index (χ0v) is 13.6. The quantitative estimate of drug-likeness (QED) is 0.700. The van der Waals surface area contributed by atoms with E-state index < -0.39 is 0 Å².